The van der Waals surface area contributed by atoms with E-state index in [4.69, 9.17) is 13.8 Å². The van der Waals surface area contributed by atoms with Gasteiger partial charge in [-0.3, -0.25) is 14.0 Å². The average molecular weight is 702 g/mol. The molecule has 4 aromatic rings. The maximum absolute atomic E-state index is 13.4. The first-order chi connectivity index (χ1) is 24.2. The van der Waals surface area contributed by atoms with Crippen LogP contribution in [0.25, 0.3) is 11.1 Å². The highest BCUT2D eigenvalue weighted by Gasteiger charge is 2.25. The second-order valence-corrected chi connectivity index (χ2v) is 14.5. The number of hydrogen-bond donors (Lipinski definition) is 2. The van der Waals surface area contributed by atoms with Gasteiger partial charge in [-0.2, -0.15) is 5.10 Å². The zero-order valence-corrected chi connectivity index (χ0v) is 30.3. The zero-order chi connectivity index (χ0) is 35.5. The zero-order valence-electron chi connectivity index (χ0n) is 29.4. The van der Waals surface area contributed by atoms with Crippen LogP contribution in [0.2, 0.25) is 0 Å². The summed E-state index contributed by atoms with van der Waals surface area (Å²) in [5.74, 6) is 0.988. The molecule has 0 aliphatic carbocycles. The average Bonchev–Trinajstić information content (AvgIpc) is 3.56. The van der Waals surface area contributed by atoms with Crippen molar-refractivity contribution in [2.24, 2.45) is 0 Å². The van der Waals surface area contributed by atoms with Crippen molar-refractivity contribution in [2.45, 2.75) is 59.9 Å². The van der Waals surface area contributed by atoms with Gasteiger partial charge in [-0.15, -0.1) is 0 Å². The third-order valence-corrected chi connectivity index (χ3v) is 10.8. The van der Waals surface area contributed by atoms with Crippen LogP contribution in [0, 0.1) is 13.8 Å². The number of carbonyl (C=O) groups is 2. The van der Waals surface area contributed by atoms with Crippen molar-refractivity contribution in [1.82, 2.24) is 15.1 Å². The topological polar surface area (TPSA) is 124 Å². The number of aromatic nitrogens is 2. The molecule has 0 saturated heterocycles. The fourth-order valence-electron chi connectivity index (χ4n) is 6.14. The summed E-state index contributed by atoms with van der Waals surface area (Å²) in [6.07, 6.45) is 6.83. The second-order valence-electron chi connectivity index (χ2n) is 12.3. The number of benzene rings is 3. The van der Waals surface area contributed by atoms with Crippen LogP contribution >= 0.6 is 7.60 Å². The summed E-state index contributed by atoms with van der Waals surface area (Å²) in [6, 6.07) is 19.3. The van der Waals surface area contributed by atoms with Crippen LogP contribution in [0.15, 0.2) is 73.1 Å². The van der Waals surface area contributed by atoms with Gasteiger partial charge in [0.15, 0.2) is 0 Å². The number of aryl methyl sites for hydroxylation is 1. The smallest absolute Gasteiger partial charge is 0.332 e. The highest BCUT2D eigenvalue weighted by Crippen LogP contribution is 2.47. The van der Waals surface area contributed by atoms with Gasteiger partial charge in [0.2, 0.25) is 5.91 Å². The van der Waals surface area contributed by atoms with Gasteiger partial charge in [-0.25, -0.2) is 4.79 Å². The number of rotatable bonds is 16. The fourth-order valence-corrected chi connectivity index (χ4v) is 7.65. The molecule has 0 radical (unpaired) electrons. The molecule has 0 unspecified atom stereocenters. The molecule has 2 N–H and O–H groups in total. The van der Waals surface area contributed by atoms with E-state index in [9.17, 15) is 14.2 Å². The van der Waals surface area contributed by atoms with Crippen molar-refractivity contribution in [3.63, 3.8) is 0 Å². The molecule has 12 heteroatoms. The number of urea groups is 1. The molecule has 50 heavy (non-hydrogen) atoms. The van der Waals surface area contributed by atoms with Crippen LogP contribution in [-0.2, 0) is 31.4 Å². The van der Waals surface area contributed by atoms with Crippen LogP contribution in [0.4, 0.5) is 16.2 Å². The van der Waals surface area contributed by atoms with E-state index in [-0.39, 0.29) is 31.8 Å². The van der Waals surface area contributed by atoms with Gasteiger partial charge in [0.05, 0.1) is 38.7 Å². The molecule has 5 rings (SSSR count). The van der Waals surface area contributed by atoms with Gasteiger partial charge in [-0.05, 0) is 99.0 Å². The number of nitrogens with one attached hydrogen (secondary N) is 2. The highest BCUT2D eigenvalue weighted by molar-refractivity contribution is 7.53. The largest absolute Gasteiger partial charge is 0.493 e. The highest BCUT2D eigenvalue weighted by atomic mass is 31.2. The number of ether oxygens (including phenoxy) is 1. The Hall–Kier alpha value is -4.44. The lowest BCUT2D eigenvalue weighted by Gasteiger charge is -2.31. The van der Waals surface area contributed by atoms with Gasteiger partial charge < -0.3 is 29.3 Å². The van der Waals surface area contributed by atoms with E-state index in [1.807, 2.05) is 70.5 Å². The minimum absolute atomic E-state index is 0.0902. The van der Waals surface area contributed by atoms with Crippen molar-refractivity contribution in [3.05, 3.63) is 95.3 Å². The first-order valence-electron chi connectivity index (χ1n) is 17.4. The van der Waals surface area contributed by atoms with Crippen LogP contribution in [-0.4, -0.2) is 60.8 Å². The molecule has 3 aromatic carbocycles. The molecule has 3 amide bonds. The fraction of sp³-hybridized carbons (Fsp3) is 0.395. The minimum atomic E-state index is -3.23. The first-order valence-corrected chi connectivity index (χ1v) is 19.1. The number of nitrogens with zero attached hydrogens (tertiary/aromatic N) is 3. The number of anilines is 2. The summed E-state index contributed by atoms with van der Waals surface area (Å²) in [5.41, 5.74) is 8.11. The Morgan fingerprint density at radius 1 is 1.00 bits per heavy atom. The Labute approximate surface area is 294 Å². The lowest BCUT2D eigenvalue weighted by Crippen LogP contribution is -2.35. The van der Waals surface area contributed by atoms with Crippen molar-refractivity contribution < 1.29 is 27.9 Å². The maximum atomic E-state index is 13.4. The third kappa shape index (κ3) is 9.62. The van der Waals surface area contributed by atoms with Crippen molar-refractivity contribution in [3.8, 4) is 16.9 Å². The van der Waals surface area contributed by atoms with Crippen molar-refractivity contribution >= 4 is 30.9 Å². The number of fused-ring (bicyclic) bond motifs is 1. The Morgan fingerprint density at radius 2 is 1.78 bits per heavy atom. The van der Waals surface area contributed by atoms with E-state index < -0.39 is 13.6 Å². The summed E-state index contributed by atoms with van der Waals surface area (Å²) in [6.45, 7) is 10.0. The molecule has 0 fully saturated rings. The summed E-state index contributed by atoms with van der Waals surface area (Å²) in [4.78, 5) is 27.8. The van der Waals surface area contributed by atoms with E-state index in [1.54, 1.807) is 13.8 Å². The normalized spacial score (nSPS) is 12.8. The summed E-state index contributed by atoms with van der Waals surface area (Å²) < 4.78 is 31.1. The molecule has 1 aliphatic heterocycles. The molecule has 0 saturated carbocycles. The Morgan fingerprint density at radius 3 is 2.58 bits per heavy atom. The van der Waals surface area contributed by atoms with Gasteiger partial charge in [0, 0.05) is 42.6 Å². The van der Waals surface area contributed by atoms with Crippen molar-refractivity contribution in [2.75, 3.05) is 49.3 Å². The standard InChI is InChI=1S/C38H48N5O6P/c1-5-48-50(46,49-6-2)23-20-39-38(45)41-32-14-8-13-30(24-32)26-42-27-31(25-40-42)33-15-9-17-35-34(33)16-10-21-43(35)37(44)19-11-22-47-36-18-7-12-28(3)29(36)4/h7-9,12-15,17-18,24-25,27H,5-6,10-11,16,19-23,26H2,1-4H3,(H2,39,41,45). The van der Waals surface area contributed by atoms with Gasteiger partial charge in [0.25, 0.3) is 0 Å². The predicted octanol–water partition coefficient (Wildman–Crippen LogP) is 7.74. The van der Waals surface area contributed by atoms with Gasteiger partial charge >= 0.3 is 13.6 Å². The van der Waals surface area contributed by atoms with Crippen LogP contribution < -0.4 is 20.3 Å². The Balaban J connectivity index is 1.17. The second kappa shape index (κ2) is 17.5. The molecule has 266 valence electrons. The number of carbonyl (C=O) groups excluding carboxylic acids is 2. The first kappa shape index (κ1) is 36.8. The quantitative estimate of drug-likeness (QED) is 0.0905. The third-order valence-electron chi connectivity index (χ3n) is 8.70. The molecule has 2 heterocycles. The summed E-state index contributed by atoms with van der Waals surface area (Å²) in [7, 11) is -3.23. The Bertz CT molecular complexity index is 1810. The molecule has 1 aromatic heterocycles. The van der Waals surface area contributed by atoms with E-state index in [2.05, 4.69) is 41.7 Å². The molecular formula is C38H48N5O6P. The van der Waals surface area contributed by atoms with Crippen LogP contribution in [0.3, 0.4) is 0 Å². The van der Waals surface area contributed by atoms with Gasteiger partial charge in [-0.1, -0.05) is 36.4 Å². The lowest BCUT2D eigenvalue weighted by molar-refractivity contribution is -0.118. The van der Waals surface area contributed by atoms with E-state index >= 15 is 0 Å². The molecular weight excluding hydrogens is 653 g/mol. The summed E-state index contributed by atoms with van der Waals surface area (Å²) >= 11 is 0. The molecule has 1 aliphatic rings. The van der Waals surface area contributed by atoms with E-state index in [0.29, 0.717) is 38.2 Å². The number of amides is 3. The molecule has 0 bridgehead atoms. The van der Waals surface area contributed by atoms with Crippen molar-refractivity contribution in [1.29, 1.82) is 0 Å². The van der Waals surface area contributed by atoms with Crippen LogP contribution in [0.5, 0.6) is 5.75 Å². The lowest BCUT2D eigenvalue weighted by atomic mass is 9.93. The predicted molar refractivity (Wildman–Crippen MR) is 197 cm³/mol. The Kier molecular flexibility index (Phi) is 12.9. The van der Waals surface area contributed by atoms with Crippen LogP contribution in [0.1, 0.15) is 55.4 Å². The SMILES string of the molecule is CCOP(=O)(CCNC(=O)Nc1cccc(Cn2cc(-c3cccc4c3CCCN4C(=O)CCCOc3cccc(C)c3C)cn2)c1)OCC. The van der Waals surface area contributed by atoms with E-state index in [1.165, 1.54) is 5.56 Å². The number of hydrogen-bond acceptors (Lipinski definition) is 7. The maximum Gasteiger partial charge on any atom is 0.332 e. The molecule has 0 spiro atoms. The monoisotopic (exact) mass is 701 g/mol. The minimum Gasteiger partial charge on any atom is -0.493 e. The van der Waals surface area contributed by atoms with Gasteiger partial charge in [0.1, 0.15) is 5.75 Å². The summed E-state index contributed by atoms with van der Waals surface area (Å²) in [5, 5.41) is 10.2. The molecule has 0 atom stereocenters. The van der Waals surface area contributed by atoms with E-state index in [0.717, 1.165) is 52.1 Å². The molecule has 11 nitrogen and oxygen atoms in total.